The predicted molar refractivity (Wildman–Crippen MR) is 104 cm³/mol. The highest BCUT2D eigenvalue weighted by Crippen LogP contribution is 2.24. The first-order valence-corrected chi connectivity index (χ1v) is 8.63. The van der Waals surface area contributed by atoms with Gasteiger partial charge in [-0.05, 0) is 48.9 Å². The van der Waals surface area contributed by atoms with Crippen LogP contribution in [0.4, 0.5) is 15.8 Å². The maximum absolute atomic E-state index is 13.0. The molecular formula is C21H20FN3O2. The van der Waals surface area contributed by atoms with Crippen molar-refractivity contribution in [2.75, 3.05) is 17.2 Å². The van der Waals surface area contributed by atoms with Crippen molar-refractivity contribution in [3.63, 3.8) is 0 Å². The summed E-state index contributed by atoms with van der Waals surface area (Å²) in [4.78, 5) is 16.7. The maximum atomic E-state index is 13.0. The number of carbonyl (C=O) groups excluding carboxylic acids is 1. The van der Waals surface area contributed by atoms with Gasteiger partial charge in [-0.25, -0.2) is 4.39 Å². The lowest BCUT2D eigenvalue weighted by Crippen LogP contribution is -2.15. The van der Waals surface area contributed by atoms with Crippen LogP contribution in [0.1, 0.15) is 23.0 Å². The molecule has 27 heavy (non-hydrogen) atoms. The van der Waals surface area contributed by atoms with Crippen molar-refractivity contribution < 1.29 is 13.9 Å². The number of carbonyl (C=O) groups is 1. The third-order valence-corrected chi connectivity index (χ3v) is 3.84. The summed E-state index contributed by atoms with van der Waals surface area (Å²) in [6, 6.07) is 16.9. The number of para-hydroxylation sites is 2. The molecule has 1 aromatic heterocycles. The first-order valence-electron chi connectivity index (χ1n) is 8.63. The summed E-state index contributed by atoms with van der Waals surface area (Å²) >= 11 is 0. The number of aromatic nitrogens is 1. The number of pyridine rings is 1. The quantitative estimate of drug-likeness (QED) is 0.648. The van der Waals surface area contributed by atoms with Crippen LogP contribution in [0.3, 0.4) is 0 Å². The molecule has 3 aromatic rings. The molecule has 0 aliphatic carbocycles. The van der Waals surface area contributed by atoms with E-state index in [1.807, 2.05) is 19.1 Å². The first kappa shape index (κ1) is 18.4. The van der Waals surface area contributed by atoms with Crippen molar-refractivity contribution >= 4 is 17.3 Å². The molecule has 1 heterocycles. The van der Waals surface area contributed by atoms with Crippen LogP contribution >= 0.6 is 0 Å². The van der Waals surface area contributed by atoms with Crippen LogP contribution in [0.5, 0.6) is 5.75 Å². The summed E-state index contributed by atoms with van der Waals surface area (Å²) in [7, 11) is 0. The molecule has 0 spiro atoms. The Morgan fingerprint density at radius 2 is 1.89 bits per heavy atom. The average Bonchev–Trinajstić information content (AvgIpc) is 2.69. The highest BCUT2D eigenvalue weighted by Gasteiger charge is 2.11. The lowest BCUT2D eigenvalue weighted by atomic mass is 10.2. The molecular weight excluding hydrogens is 345 g/mol. The molecule has 0 radical (unpaired) electrons. The van der Waals surface area contributed by atoms with Crippen LogP contribution < -0.4 is 15.4 Å². The van der Waals surface area contributed by atoms with Crippen molar-refractivity contribution in [1.29, 1.82) is 0 Å². The van der Waals surface area contributed by atoms with Crippen LogP contribution in [0.25, 0.3) is 0 Å². The van der Waals surface area contributed by atoms with Gasteiger partial charge in [0.15, 0.2) is 0 Å². The molecule has 138 valence electrons. The fourth-order valence-corrected chi connectivity index (χ4v) is 2.51. The summed E-state index contributed by atoms with van der Waals surface area (Å²) in [5.74, 6) is 0.0143. The Morgan fingerprint density at radius 3 is 2.67 bits per heavy atom. The number of ether oxygens (including phenoxy) is 1. The van der Waals surface area contributed by atoms with Crippen LogP contribution in [0.2, 0.25) is 0 Å². The van der Waals surface area contributed by atoms with Gasteiger partial charge in [-0.2, -0.15) is 0 Å². The molecule has 0 saturated carbocycles. The number of anilines is 2. The Labute approximate surface area is 157 Å². The normalized spacial score (nSPS) is 10.3. The van der Waals surface area contributed by atoms with Gasteiger partial charge in [0.25, 0.3) is 5.91 Å². The molecule has 2 N–H and O–H groups in total. The van der Waals surface area contributed by atoms with Crippen molar-refractivity contribution in [2.45, 2.75) is 13.5 Å². The predicted octanol–water partition coefficient (Wildman–Crippen LogP) is 4.48. The van der Waals surface area contributed by atoms with E-state index in [0.717, 1.165) is 11.3 Å². The molecule has 0 aliphatic heterocycles. The number of benzene rings is 2. The smallest absolute Gasteiger partial charge is 0.274 e. The fraction of sp³-hybridized carbons (Fsp3) is 0.143. The number of nitrogens with one attached hydrogen (secondary N) is 2. The SMILES string of the molecule is CCOc1ccccc1NC(=O)c1cc(NCc2ccc(F)cc2)ccn1. The maximum Gasteiger partial charge on any atom is 0.274 e. The van der Waals surface area contributed by atoms with E-state index >= 15 is 0 Å². The largest absolute Gasteiger partial charge is 0.492 e. The van der Waals surface area contributed by atoms with E-state index in [1.165, 1.54) is 12.1 Å². The summed E-state index contributed by atoms with van der Waals surface area (Å²) in [6.07, 6.45) is 1.57. The number of nitrogens with zero attached hydrogens (tertiary/aromatic N) is 1. The highest BCUT2D eigenvalue weighted by atomic mass is 19.1. The van der Waals surface area contributed by atoms with E-state index in [9.17, 15) is 9.18 Å². The van der Waals surface area contributed by atoms with Crippen molar-refractivity contribution in [3.05, 3.63) is 83.9 Å². The van der Waals surface area contributed by atoms with Gasteiger partial charge in [-0.3, -0.25) is 9.78 Å². The van der Waals surface area contributed by atoms with Crippen LogP contribution in [0, 0.1) is 5.82 Å². The Bertz CT molecular complexity index is 913. The molecule has 0 atom stereocenters. The van der Waals surface area contributed by atoms with Gasteiger partial charge in [0.2, 0.25) is 0 Å². The molecule has 6 heteroatoms. The average molecular weight is 365 g/mol. The first-order chi connectivity index (χ1) is 13.2. The zero-order valence-electron chi connectivity index (χ0n) is 14.9. The Morgan fingerprint density at radius 1 is 1.11 bits per heavy atom. The van der Waals surface area contributed by atoms with E-state index in [0.29, 0.717) is 24.6 Å². The minimum atomic E-state index is -0.326. The van der Waals surface area contributed by atoms with Crippen LogP contribution in [-0.2, 0) is 6.54 Å². The Kier molecular flexibility index (Phi) is 5.99. The van der Waals surface area contributed by atoms with Crippen molar-refractivity contribution in [1.82, 2.24) is 4.98 Å². The van der Waals surface area contributed by atoms with Crippen LogP contribution in [-0.4, -0.2) is 17.5 Å². The minimum Gasteiger partial charge on any atom is -0.492 e. The summed E-state index contributed by atoms with van der Waals surface area (Å²) < 4.78 is 18.5. The second-order valence-corrected chi connectivity index (χ2v) is 5.79. The zero-order chi connectivity index (χ0) is 19.1. The molecule has 0 saturated heterocycles. The number of rotatable bonds is 7. The molecule has 5 nitrogen and oxygen atoms in total. The lowest BCUT2D eigenvalue weighted by Gasteiger charge is -2.12. The molecule has 0 aliphatic rings. The monoisotopic (exact) mass is 365 g/mol. The molecule has 0 fully saturated rings. The topological polar surface area (TPSA) is 63.2 Å². The van der Waals surface area contributed by atoms with E-state index < -0.39 is 0 Å². The van der Waals surface area contributed by atoms with Gasteiger partial charge in [-0.15, -0.1) is 0 Å². The molecule has 0 unspecified atom stereocenters. The lowest BCUT2D eigenvalue weighted by molar-refractivity contribution is 0.102. The second kappa shape index (κ2) is 8.80. The van der Waals surface area contributed by atoms with Gasteiger partial charge >= 0.3 is 0 Å². The van der Waals surface area contributed by atoms with E-state index in [2.05, 4.69) is 15.6 Å². The molecule has 2 aromatic carbocycles. The summed E-state index contributed by atoms with van der Waals surface area (Å²) in [5.41, 5.74) is 2.56. The van der Waals surface area contributed by atoms with Gasteiger partial charge in [-0.1, -0.05) is 24.3 Å². The van der Waals surface area contributed by atoms with E-state index in [-0.39, 0.29) is 17.4 Å². The highest BCUT2D eigenvalue weighted by molar-refractivity contribution is 6.04. The minimum absolute atomic E-state index is 0.269. The third-order valence-electron chi connectivity index (χ3n) is 3.84. The molecule has 1 amide bonds. The number of hydrogen-bond acceptors (Lipinski definition) is 4. The van der Waals surface area contributed by atoms with Gasteiger partial charge in [0, 0.05) is 18.4 Å². The number of amides is 1. The van der Waals surface area contributed by atoms with Gasteiger partial charge in [0.05, 0.1) is 12.3 Å². The van der Waals surface area contributed by atoms with Crippen molar-refractivity contribution in [2.24, 2.45) is 0 Å². The number of hydrogen-bond donors (Lipinski definition) is 2. The Balaban J connectivity index is 1.67. The Hall–Kier alpha value is -3.41. The number of halogens is 1. The van der Waals surface area contributed by atoms with Crippen LogP contribution in [0.15, 0.2) is 66.9 Å². The van der Waals surface area contributed by atoms with Crippen molar-refractivity contribution in [3.8, 4) is 5.75 Å². The fourth-order valence-electron chi connectivity index (χ4n) is 2.51. The van der Waals surface area contributed by atoms with Gasteiger partial charge < -0.3 is 15.4 Å². The van der Waals surface area contributed by atoms with E-state index in [4.69, 9.17) is 4.74 Å². The summed E-state index contributed by atoms with van der Waals surface area (Å²) in [5, 5.41) is 6.03. The molecule has 3 rings (SSSR count). The molecule has 0 bridgehead atoms. The van der Waals surface area contributed by atoms with Gasteiger partial charge in [0.1, 0.15) is 17.3 Å². The standard InChI is InChI=1S/C21H20FN3O2/c1-2-27-20-6-4-3-5-18(20)25-21(26)19-13-17(11-12-23-19)24-14-15-7-9-16(22)10-8-15/h3-13H,2,14H2,1H3,(H,23,24)(H,25,26). The second-order valence-electron chi connectivity index (χ2n) is 5.79. The third kappa shape index (κ3) is 5.04. The van der Waals surface area contributed by atoms with E-state index in [1.54, 1.807) is 42.6 Å². The summed E-state index contributed by atoms with van der Waals surface area (Å²) in [6.45, 7) is 2.91. The zero-order valence-corrected chi connectivity index (χ0v) is 14.9.